The molecule has 0 heterocycles. The van der Waals surface area contributed by atoms with E-state index in [1.54, 1.807) is 0 Å². The number of nitrogens with two attached hydrogens (primary N) is 1. The SMILES string of the molecule is CC(C)(C)OC(=O)C1(N)CCc2ccccc2C1. The Morgan fingerprint density at radius 2 is 1.89 bits per heavy atom. The molecule has 0 amide bonds. The quantitative estimate of drug-likeness (QED) is 0.774. The van der Waals surface area contributed by atoms with Crippen LogP contribution in [0.4, 0.5) is 0 Å². The summed E-state index contributed by atoms with van der Waals surface area (Å²) < 4.78 is 5.43. The number of fused-ring (bicyclic) bond motifs is 1. The minimum atomic E-state index is -0.873. The molecule has 1 aromatic carbocycles. The number of hydrogen-bond donors (Lipinski definition) is 1. The third-order valence-corrected chi connectivity index (χ3v) is 3.27. The zero-order valence-electron chi connectivity index (χ0n) is 11.3. The van der Waals surface area contributed by atoms with Crippen molar-refractivity contribution in [2.75, 3.05) is 0 Å². The molecule has 0 fully saturated rings. The van der Waals surface area contributed by atoms with Crippen molar-refractivity contribution in [1.29, 1.82) is 0 Å². The first-order valence-corrected chi connectivity index (χ1v) is 6.39. The van der Waals surface area contributed by atoms with E-state index in [4.69, 9.17) is 10.5 Å². The van der Waals surface area contributed by atoms with Crippen LogP contribution < -0.4 is 5.73 Å². The number of aryl methyl sites for hydroxylation is 1. The maximum absolute atomic E-state index is 12.2. The number of rotatable bonds is 1. The molecule has 2 N–H and O–H groups in total. The first kappa shape index (κ1) is 13.1. The van der Waals surface area contributed by atoms with Crippen LogP contribution in [0.3, 0.4) is 0 Å². The monoisotopic (exact) mass is 247 g/mol. The van der Waals surface area contributed by atoms with Crippen molar-refractivity contribution < 1.29 is 9.53 Å². The summed E-state index contributed by atoms with van der Waals surface area (Å²) in [5.41, 5.74) is 7.35. The lowest BCUT2D eigenvalue weighted by Crippen LogP contribution is -2.54. The van der Waals surface area contributed by atoms with E-state index in [1.807, 2.05) is 39.0 Å². The van der Waals surface area contributed by atoms with Gasteiger partial charge in [-0.25, -0.2) is 0 Å². The fraction of sp³-hybridized carbons (Fsp3) is 0.533. The summed E-state index contributed by atoms with van der Waals surface area (Å²) in [5.74, 6) is -0.287. The van der Waals surface area contributed by atoms with Gasteiger partial charge in [0.2, 0.25) is 0 Å². The van der Waals surface area contributed by atoms with Gasteiger partial charge in [-0.2, -0.15) is 0 Å². The molecule has 1 atom stereocenters. The molecule has 0 saturated carbocycles. The van der Waals surface area contributed by atoms with Crippen LogP contribution in [0.25, 0.3) is 0 Å². The Balaban J connectivity index is 2.18. The van der Waals surface area contributed by atoms with Gasteiger partial charge in [0.15, 0.2) is 0 Å². The van der Waals surface area contributed by atoms with Crippen molar-refractivity contribution in [2.45, 2.75) is 51.2 Å². The second-order valence-electron chi connectivity index (χ2n) is 6.10. The minimum absolute atomic E-state index is 0.287. The standard InChI is InChI=1S/C15H21NO2/c1-14(2,3)18-13(17)15(16)9-8-11-6-4-5-7-12(11)10-15/h4-7H,8-10,16H2,1-3H3. The zero-order chi connectivity index (χ0) is 13.4. The molecule has 0 aliphatic heterocycles. The lowest BCUT2D eigenvalue weighted by molar-refractivity contribution is -0.162. The van der Waals surface area contributed by atoms with Crippen LogP contribution in [-0.2, 0) is 22.4 Å². The third kappa shape index (κ3) is 2.72. The Labute approximate surface area is 108 Å². The highest BCUT2D eigenvalue weighted by Crippen LogP contribution is 2.29. The van der Waals surface area contributed by atoms with E-state index in [0.717, 1.165) is 12.0 Å². The second kappa shape index (κ2) is 4.39. The normalized spacial score (nSPS) is 23.3. The molecule has 1 aliphatic rings. The highest BCUT2D eigenvalue weighted by atomic mass is 16.6. The largest absolute Gasteiger partial charge is 0.459 e. The maximum atomic E-state index is 12.2. The van der Waals surface area contributed by atoms with Crippen molar-refractivity contribution >= 4 is 5.97 Å². The van der Waals surface area contributed by atoms with Crippen LogP contribution in [0, 0.1) is 0 Å². The molecule has 0 aromatic heterocycles. The highest BCUT2D eigenvalue weighted by molar-refractivity contribution is 5.82. The summed E-state index contributed by atoms with van der Waals surface area (Å²) >= 11 is 0. The van der Waals surface area contributed by atoms with Gasteiger partial charge in [-0.15, -0.1) is 0 Å². The van der Waals surface area contributed by atoms with E-state index in [2.05, 4.69) is 6.07 Å². The molecule has 1 aromatic rings. The fourth-order valence-corrected chi connectivity index (χ4v) is 2.31. The van der Waals surface area contributed by atoms with Gasteiger partial charge >= 0.3 is 5.97 Å². The molecular formula is C15H21NO2. The van der Waals surface area contributed by atoms with E-state index < -0.39 is 11.1 Å². The number of ether oxygens (including phenoxy) is 1. The average molecular weight is 247 g/mol. The summed E-state index contributed by atoms with van der Waals surface area (Å²) in [6.07, 6.45) is 2.06. The van der Waals surface area contributed by atoms with Crippen molar-refractivity contribution in [3.8, 4) is 0 Å². The van der Waals surface area contributed by atoms with Gasteiger partial charge in [-0.1, -0.05) is 24.3 Å². The predicted octanol–water partition coefficient (Wildman–Crippen LogP) is 2.21. The first-order valence-electron chi connectivity index (χ1n) is 6.39. The van der Waals surface area contributed by atoms with Crippen molar-refractivity contribution in [3.63, 3.8) is 0 Å². The second-order valence-corrected chi connectivity index (χ2v) is 6.10. The molecule has 98 valence electrons. The van der Waals surface area contributed by atoms with Crippen LogP contribution in [0.1, 0.15) is 38.3 Å². The van der Waals surface area contributed by atoms with Gasteiger partial charge < -0.3 is 10.5 Å². The number of hydrogen-bond acceptors (Lipinski definition) is 3. The molecule has 0 bridgehead atoms. The van der Waals surface area contributed by atoms with Crippen LogP contribution >= 0.6 is 0 Å². The summed E-state index contributed by atoms with van der Waals surface area (Å²) in [6, 6.07) is 8.15. The molecule has 0 spiro atoms. The number of carbonyl (C=O) groups is 1. The summed E-state index contributed by atoms with van der Waals surface area (Å²) in [4.78, 5) is 12.2. The topological polar surface area (TPSA) is 52.3 Å². The molecule has 3 nitrogen and oxygen atoms in total. The Morgan fingerprint density at radius 1 is 1.28 bits per heavy atom. The Morgan fingerprint density at radius 3 is 2.50 bits per heavy atom. The highest BCUT2D eigenvalue weighted by Gasteiger charge is 2.40. The van der Waals surface area contributed by atoms with Gasteiger partial charge in [0.25, 0.3) is 0 Å². The number of esters is 1. The van der Waals surface area contributed by atoms with Gasteiger partial charge in [0, 0.05) is 6.42 Å². The Bertz CT molecular complexity index is 462. The molecule has 3 heteroatoms. The van der Waals surface area contributed by atoms with Crippen LogP contribution in [-0.4, -0.2) is 17.1 Å². The molecule has 1 unspecified atom stereocenters. The maximum Gasteiger partial charge on any atom is 0.326 e. The lowest BCUT2D eigenvalue weighted by atomic mass is 9.78. The summed E-state index contributed by atoms with van der Waals surface area (Å²) in [6.45, 7) is 5.60. The fourth-order valence-electron chi connectivity index (χ4n) is 2.31. The number of carbonyl (C=O) groups excluding carboxylic acids is 1. The van der Waals surface area contributed by atoms with E-state index in [-0.39, 0.29) is 5.97 Å². The molecule has 0 saturated heterocycles. The van der Waals surface area contributed by atoms with E-state index >= 15 is 0 Å². The number of benzene rings is 1. The van der Waals surface area contributed by atoms with Gasteiger partial charge in [-0.3, -0.25) is 4.79 Å². The Hall–Kier alpha value is -1.35. The van der Waals surface area contributed by atoms with Gasteiger partial charge in [0.05, 0.1) is 0 Å². The van der Waals surface area contributed by atoms with Crippen molar-refractivity contribution in [1.82, 2.24) is 0 Å². The van der Waals surface area contributed by atoms with E-state index in [0.29, 0.717) is 12.8 Å². The van der Waals surface area contributed by atoms with E-state index in [1.165, 1.54) is 5.56 Å². The smallest absolute Gasteiger partial charge is 0.326 e. The predicted molar refractivity (Wildman–Crippen MR) is 71.2 cm³/mol. The van der Waals surface area contributed by atoms with Crippen molar-refractivity contribution in [2.24, 2.45) is 5.73 Å². The molecule has 18 heavy (non-hydrogen) atoms. The average Bonchev–Trinajstić information content (AvgIpc) is 2.26. The van der Waals surface area contributed by atoms with E-state index in [9.17, 15) is 4.79 Å². The van der Waals surface area contributed by atoms with Crippen LogP contribution in [0.2, 0.25) is 0 Å². The van der Waals surface area contributed by atoms with Crippen LogP contribution in [0.15, 0.2) is 24.3 Å². The minimum Gasteiger partial charge on any atom is -0.459 e. The van der Waals surface area contributed by atoms with Gasteiger partial charge in [0.1, 0.15) is 11.1 Å². The van der Waals surface area contributed by atoms with Crippen molar-refractivity contribution in [3.05, 3.63) is 35.4 Å². The zero-order valence-corrected chi connectivity index (χ0v) is 11.3. The molecular weight excluding hydrogens is 226 g/mol. The first-order chi connectivity index (χ1) is 8.30. The molecule has 1 aliphatic carbocycles. The molecule has 0 radical (unpaired) electrons. The lowest BCUT2D eigenvalue weighted by Gasteiger charge is -2.35. The summed E-state index contributed by atoms with van der Waals surface area (Å²) in [7, 11) is 0. The van der Waals surface area contributed by atoms with Gasteiger partial charge in [-0.05, 0) is 44.7 Å². The molecule has 2 rings (SSSR count). The Kier molecular flexibility index (Phi) is 3.20. The third-order valence-electron chi connectivity index (χ3n) is 3.27. The summed E-state index contributed by atoms with van der Waals surface area (Å²) in [5, 5.41) is 0. The van der Waals surface area contributed by atoms with Crippen LogP contribution in [0.5, 0.6) is 0 Å².